The summed E-state index contributed by atoms with van der Waals surface area (Å²) >= 11 is 0. The van der Waals surface area contributed by atoms with Crippen molar-refractivity contribution >= 4 is 28.6 Å². The van der Waals surface area contributed by atoms with E-state index in [4.69, 9.17) is 9.72 Å². The van der Waals surface area contributed by atoms with E-state index in [1.54, 1.807) is 4.90 Å². The zero-order valence-electron chi connectivity index (χ0n) is 25.1. The summed E-state index contributed by atoms with van der Waals surface area (Å²) in [5.74, 6) is 0.621. The summed E-state index contributed by atoms with van der Waals surface area (Å²) in [6.45, 7) is 5.26. The lowest BCUT2D eigenvalue weighted by Gasteiger charge is -2.29. The quantitative estimate of drug-likeness (QED) is 0.350. The van der Waals surface area contributed by atoms with Gasteiger partial charge >= 0.3 is 6.09 Å². The summed E-state index contributed by atoms with van der Waals surface area (Å²) in [7, 11) is 0. The molecular formula is C35H42N4O4. The number of pyridine rings is 1. The number of anilines is 1. The van der Waals surface area contributed by atoms with Crippen LogP contribution in [-0.2, 0) is 17.6 Å². The van der Waals surface area contributed by atoms with Gasteiger partial charge in [0.05, 0.1) is 24.7 Å². The summed E-state index contributed by atoms with van der Waals surface area (Å²) in [6.07, 6.45) is 8.51. The molecule has 3 atom stereocenters. The van der Waals surface area contributed by atoms with Gasteiger partial charge in [-0.15, -0.1) is 0 Å². The molecule has 0 unspecified atom stereocenters. The summed E-state index contributed by atoms with van der Waals surface area (Å²) in [5.41, 5.74) is 6.43. The number of ether oxygens (including phenoxy) is 1. The number of benzene rings is 2. The summed E-state index contributed by atoms with van der Waals surface area (Å²) < 4.78 is 5.10. The van der Waals surface area contributed by atoms with Gasteiger partial charge in [-0.3, -0.25) is 19.6 Å². The third-order valence-corrected chi connectivity index (χ3v) is 10.6. The Labute approximate surface area is 253 Å². The van der Waals surface area contributed by atoms with Gasteiger partial charge in [0.2, 0.25) is 0 Å². The van der Waals surface area contributed by atoms with Crippen LogP contribution in [-0.4, -0.2) is 65.9 Å². The second-order valence-electron chi connectivity index (χ2n) is 13.3. The van der Waals surface area contributed by atoms with Crippen LogP contribution in [0, 0.1) is 11.3 Å². The molecule has 0 radical (unpaired) electrons. The van der Waals surface area contributed by atoms with Crippen molar-refractivity contribution in [2.75, 3.05) is 37.7 Å². The zero-order valence-corrected chi connectivity index (χ0v) is 25.1. The van der Waals surface area contributed by atoms with Crippen LogP contribution in [0.3, 0.4) is 0 Å². The molecule has 3 fully saturated rings. The van der Waals surface area contributed by atoms with Crippen LogP contribution >= 0.6 is 0 Å². The minimum atomic E-state index is -0.328. The number of nitrogens with one attached hydrogen (secondary N) is 1. The summed E-state index contributed by atoms with van der Waals surface area (Å²) in [5, 5.41) is 14.2. The van der Waals surface area contributed by atoms with Gasteiger partial charge in [-0.2, -0.15) is 0 Å². The normalized spacial score (nSPS) is 23.7. The zero-order chi connectivity index (χ0) is 29.6. The Morgan fingerprint density at radius 1 is 1.14 bits per heavy atom. The third-order valence-electron chi connectivity index (χ3n) is 10.6. The third kappa shape index (κ3) is 5.75. The summed E-state index contributed by atoms with van der Waals surface area (Å²) in [6, 6.07) is 15.9. The number of cyclic esters (lactones) is 1. The Morgan fingerprint density at radius 3 is 2.72 bits per heavy atom. The molecule has 226 valence electrons. The fourth-order valence-electron chi connectivity index (χ4n) is 7.44. The fraction of sp³-hybridized carbons (Fsp3) is 0.514. The van der Waals surface area contributed by atoms with E-state index in [-0.39, 0.29) is 30.7 Å². The molecule has 2 aliphatic carbocycles. The van der Waals surface area contributed by atoms with Crippen molar-refractivity contribution in [1.29, 1.82) is 0 Å². The van der Waals surface area contributed by atoms with Gasteiger partial charge in [-0.05, 0) is 117 Å². The van der Waals surface area contributed by atoms with Gasteiger partial charge in [0, 0.05) is 34.9 Å². The molecule has 3 heterocycles. The number of fused-ring (bicyclic) bond motifs is 2. The molecule has 1 aromatic heterocycles. The maximum absolute atomic E-state index is 13.7. The first-order valence-electron chi connectivity index (χ1n) is 16.0. The number of rotatable bonds is 9. The van der Waals surface area contributed by atoms with E-state index in [0.717, 1.165) is 73.3 Å². The van der Waals surface area contributed by atoms with Crippen LogP contribution in [0.5, 0.6) is 0 Å². The van der Waals surface area contributed by atoms with Crippen LogP contribution in [0.15, 0.2) is 48.5 Å². The van der Waals surface area contributed by atoms with E-state index >= 15 is 0 Å². The second-order valence-corrected chi connectivity index (χ2v) is 13.3. The SMILES string of the molecule is CC1([C@H]2CCc3nc4ccc(C(=O)N[C@H](CCN5CCC[C@H]5CO)c5ccc(N6CCOC6=O)cc5)cc4cc3C2)CC1. The van der Waals surface area contributed by atoms with Crippen molar-refractivity contribution < 1.29 is 19.4 Å². The fourth-order valence-corrected chi connectivity index (χ4v) is 7.44. The Kier molecular flexibility index (Phi) is 7.60. The highest BCUT2D eigenvalue weighted by molar-refractivity contribution is 5.98. The van der Waals surface area contributed by atoms with Crippen LogP contribution in [0.1, 0.15) is 78.7 Å². The summed E-state index contributed by atoms with van der Waals surface area (Å²) in [4.78, 5) is 34.7. The molecule has 2 saturated heterocycles. The van der Waals surface area contributed by atoms with Gasteiger partial charge in [0.1, 0.15) is 6.61 Å². The van der Waals surface area contributed by atoms with E-state index in [1.807, 2.05) is 42.5 Å². The Bertz CT molecular complexity index is 1520. The minimum Gasteiger partial charge on any atom is -0.447 e. The molecule has 8 heteroatoms. The first kappa shape index (κ1) is 28.3. The number of carbonyl (C=O) groups is 2. The van der Waals surface area contributed by atoms with E-state index in [2.05, 4.69) is 23.2 Å². The highest BCUT2D eigenvalue weighted by Gasteiger charge is 2.45. The molecule has 8 nitrogen and oxygen atoms in total. The van der Waals surface area contributed by atoms with E-state index in [0.29, 0.717) is 24.1 Å². The Balaban J connectivity index is 1.11. The Morgan fingerprint density at radius 2 is 1.98 bits per heavy atom. The number of likely N-dealkylation sites (tertiary alicyclic amines) is 1. The average molecular weight is 583 g/mol. The molecule has 0 spiro atoms. The predicted octanol–water partition coefficient (Wildman–Crippen LogP) is 5.41. The van der Waals surface area contributed by atoms with Crippen LogP contribution in [0.2, 0.25) is 0 Å². The predicted molar refractivity (Wildman–Crippen MR) is 166 cm³/mol. The number of amides is 2. The van der Waals surface area contributed by atoms with E-state index < -0.39 is 0 Å². The smallest absolute Gasteiger partial charge is 0.414 e. The largest absolute Gasteiger partial charge is 0.447 e. The van der Waals surface area contributed by atoms with Gasteiger partial charge in [-0.1, -0.05) is 19.1 Å². The number of nitrogens with zero attached hydrogens (tertiary/aromatic N) is 3. The van der Waals surface area contributed by atoms with Gasteiger partial charge in [0.25, 0.3) is 5.91 Å². The topological polar surface area (TPSA) is 95.0 Å². The van der Waals surface area contributed by atoms with Crippen LogP contribution in [0.25, 0.3) is 10.9 Å². The van der Waals surface area contributed by atoms with Crippen molar-refractivity contribution in [3.8, 4) is 0 Å². The highest BCUT2D eigenvalue weighted by atomic mass is 16.6. The van der Waals surface area contributed by atoms with E-state index in [1.165, 1.54) is 30.5 Å². The number of hydrogen-bond donors (Lipinski definition) is 2. The molecule has 2 aromatic carbocycles. The second kappa shape index (κ2) is 11.5. The number of aromatic nitrogens is 1. The molecule has 0 bridgehead atoms. The average Bonchev–Trinajstić information content (AvgIpc) is 3.39. The minimum absolute atomic E-state index is 0.111. The lowest BCUT2D eigenvalue weighted by atomic mass is 9.77. The maximum atomic E-state index is 13.7. The van der Waals surface area contributed by atoms with Crippen molar-refractivity contribution in [3.63, 3.8) is 0 Å². The standard InChI is InChI=1S/C35H42N4O4/c1-35(13-14-35)27-7-11-31-26(21-27)20-25-19-24(6-10-30(25)36-31)33(41)37-32(12-16-38-15-2-3-29(38)22-40)23-4-8-28(9-5-23)39-17-18-43-34(39)42/h4-6,8-10,19-20,27,29,32,40H,2-3,7,11-18,21-22H2,1H3,(H,37,41)/t27-,29-,32+/m0/s1. The Hall–Kier alpha value is -3.49. The van der Waals surface area contributed by atoms with Crippen molar-refractivity contribution in [3.05, 3.63) is 70.9 Å². The van der Waals surface area contributed by atoms with Gasteiger partial charge in [-0.25, -0.2) is 4.79 Å². The lowest BCUT2D eigenvalue weighted by Crippen LogP contribution is -2.36. The molecule has 2 N–H and O–H groups in total. The lowest BCUT2D eigenvalue weighted by molar-refractivity contribution is 0.0927. The molecule has 4 aliphatic rings. The number of aliphatic hydroxyl groups is 1. The number of hydrogen-bond acceptors (Lipinski definition) is 6. The van der Waals surface area contributed by atoms with Gasteiger partial charge < -0.3 is 15.2 Å². The van der Waals surface area contributed by atoms with Crippen LogP contribution < -0.4 is 10.2 Å². The monoisotopic (exact) mass is 582 g/mol. The van der Waals surface area contributed by atoms with Crippen molar-refractivity contribution in [1.82, 2.24) is 15.2 Å². The first-order chi connectivity index (χ1) is 20.9. The maximum Gasteiger partial charge on any atom is 0.414 e. The number of aryl methyl sites for hydroxylation is 1. The molecule has 43 heavy (non-hydrogen) atoms. The highest BCUT2D eigenvalue weighted by Crippen LogP contribution is 2.55. The van der Waals surface area contributed by atoms with Gasteiger partial charge in [0.15, 0.2) is 0 Å². The molecule has 2 amide bonds. The molecule has 7 rings (SSSR count). The molecule has 2 aliphatic heterocycles. The molecule has 1 saturated carbocycles. The number of aliphatic hydroxyl groups excluding tert-OH is 1. The van der Waals surface area contributed by atoms with Crippen molar-refractivity contribution in [2.45, 2.75) is 70.4 Å². The van der Waals surface area contributed by atoms with Crippen LogP contribution in [0.4, 0.5) is 10.5 Å². The number of carbonyl (C=O) groups excluding carboxylic acids is 2. The van der Waals surface area contributed by atoms with E-state index in [9.17, 15) is 14.7 Å². The molecular weight excluding hydrogens is 540 g/mol. The van der Waals surface area contributed by atoms with Crippen molar-refractivity contribution in [2.24, 2.45) is 11.3 Å². The first-order valence-corrected chi connectivity index (χ1v) is 16.0. The molecule has 3 aromatic rings.